The molecule has 0 spiro atoms. The fourth-order valence-corrected chi connectivity index (χ4v) is 4.22. The average molecular weight is 478 g/mol. The summed E-state index contributed by atoms with van der Waals surface area (Å²) in [5.41, 5.74) is 1.21. The molecule has 0 aliphatic rings. The van der Waals surface area contributed by atoms with E-state index >= 15 is 0 Å². The summed E-state index contributed by atoms with van der Waals surface area (Å²) < 4.78 is 5.46. The molecule has 2 aromatic heterocycles. The highest BCUT2D eigenvalue weighted by Gasteiger charge is 2.24. The molecule has 0 unspecified atom stereocenters. The Kier molecular flexibility index (Phi) is 6.20. The quantitative estimate of drug-likeness (QED) is 0.470. The van der Waals surface area contributed by atoms with E-state index < -0.39 is 24.5 Å². The van der Waals surface area contributed by atoms with Gasteiger partial charge in [0.05, 0.1) is 15.5 Å². The van der Waals surface area contributed by atoms with E-state index in [1.807, 2.05) is 0 Å². The molecule has 3 aromatic rings. The first kappa shape index (κ1) is 20.4. The van der Waals surface area contributed by atoms with E-state index in [1.54, 1.807) is 24.3 Å². The zero-order valence-corrected chi connectivity index (χ0v) is 16.9. The molecule has 0 atom stereocenters. The van der Waals surface area contributed by atoms with Crippen molar-refractivity contribution in [3.63, 3.8) is 0 Å². The zero-order valence-electron chi connectivity index (χ0n) is 14.5. The van der Waals surface area contributed by atoms with Crippen LogP contribution in [-0.2, 0) is 4.79 Å². The van der Waals surface area contributed by atoms with Crippen molar-refractivity contribution in [1.82, 2.24) is 9.97 Å². The molecule has 1 aromatic carbocycles. The number of carbonyl (C=O) groups excluding carboxylic acids is 1. The first-order valence-electron chi connectivity index (χ1n) is 7.94. The van der Waals surface area contributed by atoms with Crippen LogP contribution in [0.1, 0.15) is 20.2 Å². The van der Waals surface area contributed by atoms with Gasteiger partial charge in [0.1, 0.15) is 5.69 Å². The Morgan fingerprint density at radius 1 is 1.21 bits per heavy atom. The maximum absolute atomic E-state index is 12.3. The SMILES string of the molecule is O=C(O)COc1c(C(=O)O)sc(-c2cccc(NC(=O)c3cnccn3)c2)c1Br. The van der Waals surface area contributed by atoms with E-state index in [2.05, 4.69) is 31.2 Å². The Hall–Kier alpha value is -3.31. The smallest absolute Gasteiger partial charge is 0.349 e. The van der Waals surface area contributed by atoms with Gasteiger partial charge in [0.25, 0.3) is 5.91 Å². The summed E-state index contributed by atoms with van der Waals surface area (Å²) in [5.74, 6) is -2.98. The number of nitrogens with zero attached hydrogens (tertiary/aromatic N) is 2. The Morgan fingerprint density at radius 3 is 2.66 bits per heavy atom. The molecule has 29 heavy (non-hydrogen) atoms. The Morgan fingerprint density at radius 2 is 2.00 bits per heavy atom. The van der Waals surface area contributed by atoms with Crippen LogP contribution in [0.4, 0.5) is 5.69 Å². The van der Waals surface area contributed by atoms with Gasteiger partial charge in [-0.3, -0.25) is 9.78 Å². The van der Waals surface area contributed by atoms with E-state index in [0.717, 1.165) is 11.3 Å². The van der Waals surface area contributed by atoms with Crippen LogP contribution in [0.2, 0.25) is 0 Å². The number of hydrogen-bond donors (Lipinski definition) is 3. The number of aromatic carboxylic acids is 1. The van der Waals surface area contributed by atoms with Gasteiger partial charge in [-0.05, 0) is 33.6 Å². The Balaban J connectivity index is 1.92. The van der Waals surface area contributed by atoms with Crippen LogP contribution < -0.4 is 10.1 Å². The molecule has 11 heteroatoms. The number of rotatable bonds is 7. The second kappa shape index (κ2) is 8.80. The zero-order chi connectivity index (χ0) is 21.0. The number of thiophene rings is 1. The highest BCUT2D eigenvalue weighted by Crippen LogP contribution is 2.46. The van der Waals surface area contributed by atoms with Crippen molar-refractivity contribution < 1.29 is 29.3 Å². The topological polar surface area (TPSA) is 139 Å². The minimum Gasteiger partial charge on any atom is -0.479 e. The van der Waals surface area contributed by atoms with Crippen molar-refractivity contribution in [2.24, 2.45) is 0 Å². The van der Waals surface area contributed by atoms with Gasteiger partial charge >= 0.3 is 11.9 Å². The first-order chi connectivity index (χ1) is 13.9. The molecule has 0 aliphatic heterocycles. The van der Waals surface area contributed by atoms with E-state index in [0.29, 0.717) is 20.6 Å². The van der Waals surface area contributed by atoms with Crippen LogP contribution in [0.25, 0.3) is 10.4 Å². The predicted octanol–water partition coefficient (Wildman–Crippen LogP) is 3.38. The second-order valence-electron chi connectivity index (χ2n) is 5.52. The number of carboxylic acid groups (broad SMARTS) is 2. The normalized spacial score (nSPS) is 10.4. The van der Waals surface area contributed by atoms with Crippen LogP contribution >= 0.6 is 27.3 Å². The fraction of sp³-hybridized carbons (Fsp3) is 0.0556. The van der Waals surface area contributed by atoms with Crippen molar-refractivity contribution in [1.29, 1.82) is 0 Å². The molecule has 0 fully saturated rings. The van der Waals surface area contributed by atoms with Crippen molar-refractivity contribution in [2.45, 2.75) is 0 Å². The lowest BCUT2D eigenvalue weighted by Gasteiger charge is -2.07. The van der Waals surface area contributed by atoms with Crippen LogP contribution in [0.5, 0.6) is 5.75 Å². The van der Waals surface area contributed by atoms with Crippen molar-refractivity contribution in [3.05, 3.63) is 57.9 Å². The Bertz CT molecular complexity index is 1090. The van der Waals surface area contributed by atoms with E-state index in [4.69, 9.17) is 9.84 Å². The average Bonchev–Trinajstić information content (AvgIpc) is 3.04. The van der Waals surface area contributed by atoms with Gasteiger partial charge in [0.15, 0.2) is 17.2 Å². The van der Waals surface area contributed by atoms with E-state index in [1.165, 1.54) is 18.6 Å². The number of carboxylic acids is 2. The fourth-order valence-electron chi connectivity index (χ4n) is 2.33. The lowest BCUT2D eigenvalue weighted by atomic mass is 10.1. The number of hydrogen-bond acceptors (Lipinski definition) is 7. The minimum atomic E-state index is -1.24. The van der Waals surface area contributed by atoms with Crippen molar-refractivity contribution in [3.8, 4) is 16.2 Å². The number of benzene rings is 1. The maximum Gasteiger partial charge on any atom is 0.349 e. The number of aliphatic carboxylic acids is 1. The highest BCUT2D eigenvalue weighted by atomic mass is 79.9. The molecular formula is C18H12BrN3O6S. The van der Waals surface area contributed by atoms with Crippen molar-refractivity contribution >= 4 is 50.8 Å². The number of anilines is 1. The molecule has 3 rings (SSSR count). The van der Waals surface area contributed by atoms with Gasteiger partial charge in [0.2, 0.25) is 0 Å². The van der Waals surface area contributed by atoms with E-state index in [-0.39, 0.29) is 16.3 Å². The maximum atomic E-state index is 12.3. The largest absolute Gasteiger partial charge is 0.479 e. The van der Waals surface area contributed by atoms with Gasteiger partial charge in [-0.1, -0.05) is 12.1 Å². The number of ether oxygens (including phenoxy) is 1. The highest BCUT2D eigenvalue weighted by molar-refractivity contribution is 9.10. The molecule has 1 amide bonds. The molecule has 9 nitrogen and oxygen atoms in total. The molecule has 0 aliphatic carbocycles. The third-order valence-corrected chi connectivity index (χ3v) is 5.75. The van der Waals surface area contributed by atoms with E-state index in [9.17, 15) is 19.5 Å². The van der Waals surface area contributed by atoms with Crippen LogP contribution in [0.15, 0.2) is 47.3 Å². The molecule has 0 bridgehead atoms. The molecular weight excluding hydrogens is 466 g/mol. The molecule has 2 heterocycles. The summed E-state index contributed by atoms with van der Waals surface area (Å²) in [5, 5.41) is 20.9. The van der Waals surface area contributed by atoms with Gasteiger partial charge < -0.3 is 20.3 Å². The molecule has 0 saturated heterocycles. The van der Waals surface area contributed by atoms with Gasteiger partial charge in [-0.15, -0.1) is 11.3 Å². The number of amides is 1. The summed E-state index contributed by atoms with van der Waals surface area (Å²) in [6.45, 7) is -0.677. The standard InChI is InChI=1S/C18H12BrN3O6S/c19-13-14(28-8-12(23)24)16(18(26)27)29-15(13)9-2-1-3-10(6-9)22-17(25)11-7-20-4-5-21-11/h1-7H,8H2,(H,22,25)(H,23,24)(H,26,27). The second-order valence-corrected chi connectivity index (χ2v) is 7.33. The summed E-state index contributed by atoms with van der Waals surface area (Å²) in [7, 11) is 0. The van der Waals surface area contributed by atoms with Crippen LogP contribution in [0.3, 0.4) is 0 Å². The molecule has 0 radical (unpaired) electrons. The predicted molar refractivity (Wildman–Crippen MR) is 108 cm³/mol. The van der Waals surface area contributed by atoms with Gasteiger partial charge in [0, 0.05) is 18.1 Å². The first-order valence-corrected chi connectivity index (χ1v) is 9.55. The molecule has 148 valence electrons. The molecule has 0 saturated carbocycles. The molecule has 3 N–H and O–H groups in total. The number of aromatic nitrogens is 2. The van der Waals surface area contributed by atoms with Crippen molar-refractivity contribution in [2.75, 3.05) is 11.9 Å². The van der Waals surface area contributed by atoms with Gasteiger partial charge in [-0.25, -0.2) is 14.6 Å². The third-order valence-electron chi connectivity index (χ3n) is 3.52. The number of carbonyl (C=O) groups is 3. The summed E-state index contributed by atoms with van der Waals surface area (Å²) in [4.78, 5) is 42.7. The summed E-state index contributed by atoms with van der Waals surface area (Å²) >= 11 is 4.22. The van der Waals surface area contributed by atoms with Crippen LogP contribution in [0, 0.1) is 0 Å². The summed E-state index contributed by atoms with van der Waals surface area (Å²) in [6, 6.07) is 6.73. The lowest BCUT2D eigenvalue weighted by molar-refractivity contribution is -0.139. The summed E-state index contributed by atoms with van der Waals surface area (Å²) in [6.07, 6.45) is 4.19. The Labute approximate surface area is 176 Å². The lowest BCUT2D eigenvalue weighted by Crippen LogP contribution is -2.13. The minimum absolute atomic E-state index is 0.0612. The third kappa shape index (κ3) is 4.76. The number of nitrogens with one attached hydrogen (secondary N) is 1. The van der Waals surface area contributed by atoms with Gasteiger partial charge in [-0.2, -0.15) is 0 Å². The van der Waals surface area contributed by atoms with Crippen LogP contribution in [-0.4, -0.2) is 44.6 Å². The number of halogens is 1. The monoisotopic (exact) mass is 477 g/mol.